The summed E-state index contributed by atoms with van der Waals surface area (Å²) in [6, 6.07) is 53.8. The van der Waals surface area contributed by atoms with Gasteiger partial charge in [-0.1, -0.05) is 232 Å². The van der Waals surface area contributed by atoms with Crippen LogP contribution in [0.2, 0.25) is 0 Å². The molecule has 0 saturated carbocycles. The van der Waals surface area contributed by atoms with E-state index in [4.69, 9.17) is 0 Å². The molecule has 6 heteroatoms. The van der Waals surface area contributed by atoms with Crippen molar-refractivity contribution in [2.24, 2.45) is 0 Å². The minimum Gasteiger partial charge on any atom is -0.295 e. The van der Waals surface area contributed by atoms with E-state index in [-0.39, 0.29) is 17.3 Å². The molecule has 0 radical (unpaired) electrons. The Morgan fingerprint density at radius 2 is 0.539 bits per heavy atom. The molecule has 89 heavy (non-hydrogen) atoms. The maximum Gasteiger partial charge on any atom is 0.189 e. The molecule has 6 nitrogen and oxygen atoms in total. The van der Waals surface area contributed by atoms with Crippen LogP contribution in [0.1, 0.15) is 233 Å². The maximum absolute atomic E-state index is 12.6. The highest BCUT2D eigenvalue weighted by molar-refractivity contribution is 6.16. The molecule has 6 aromatic rings. The van der Waals surface area contributed by atoms with Crippen molar-refractivity contribution in [3.8, 4) is 0 Å². The third kappa shape index (κ3) is 24.4. The second-order valence-corrected chi connectivity index (χ2v) is 24.6. The molecule has 6 aliphatic rings. The van der Waals surface area contributed by atoms with Crippen LogP contribution in [0.4, 0.5) is 0 Å². The van der Waals surface area contributed by atoms with Crippen LogP contribution in [0.15, 0.2) is 215 Å². The van der Waals surface area contributed by atoms with Gasteiger partial charge in [-0.2, -0.15) is 0 Å². The molecule has 0 aromatic heterocycles. The number of allylic oxidation sites excluding steroid dienone is 9. The summed E-state index contributed by atoms with van der Waals surface area (Å²) in [5, 5.41) is 0. The molecule has 0 spiro atoms. The summed E-state index contributed by atoms with van der Waals surface area (Å²) in [4.78, 5) is 70.3. The summed E-state index contributed by atoms with van der Waals surface area (Å²) in [5.74, 6) is 1.51. The highest BCUT2D eigenvalue weighted by Gasteiger charge is 2.24. The molecule has 0 atom stereocenters. The number of Topliss-reactive ketones (excluding diaryl/α,β-unsaturated/α-hetero) is 3. The van der Waals surface area contributed by atoms with Crippen LogP contribution in [0, 0.1) is 0 Å². The number of carbonyl (C=O) groups excluding carboxylic acids is 6. The quantitative estimate of drug-likeness (QED) is 0.129. The van der Waals surface area contributed by atoms with Gasteiger partial charge in [-0.3, -0.25) is 28.8 Å². The highest BCUT2D eigenvalue weighted by atomic mass is 16.1. The van der Waals surface area contributed by atoms with Crippen LogP contribution in [0.25, 0.3) is 18.2 Å². The van der Waals surface area contributed by atoms with Crippen molar-refractivity contribution in [1.82, 2.24) is 0 Å². The molecule has 0 saturated heterocycles. The van der Waals surface area contributed by atoms with Gasteiger partial charge in [0, 0.05) is 59.1 Å². The Morgan fingerprint density at radius 1 is 0.247 bits per heavy atom. The van der Waals surface area contributed by atoms with Gasteiger partial charge in [-0.15, -0.1) is 0 Å². The van der Waals surface area contributed by atoms with E-state index in [0.717, 1.165) is 152 Å². The zero-order valence-electron chi connectivity index (χ0n) is 53.4. The summed E-state index contributed by atoms with van der Waals surface area (Å²) >= 11 is 0. The number of carbonyl (C=O) groups is 6. The summed E-state index contributed by atoms with van der Waals surface area (Å²) in [7, 11) is 0. The zero-order chi connectivity index (χ0) is 62.8. The van der Waals surface area contributed by atoms with E-state index in [1.54, 1.807) is 12.2 Å². The van der Waals surface area contributed by atoms with Gasteiger partial charge in [0.1, 0.15) is 0 Å². The van der Waals surface area contributed by atoms with Crippen LogP contribution in [-0.2, 0) is 33.6 Å². The number of hydrogen-bond donors (Lipinski definition) is 0. The summed E-state index contributed by atoms with van der Waals surface area (Å²) in [6.45, 7) is 6.17. The van der Waals surface area contributed by atoms with Crippen LogP contribution in [0.3, 0.4) is 0 Å². The molecule has 0 heterocycles. The number of hydrogen-bond acceptors (Lipinski definition) is 6. The molecule has 0 aliphatic heterocycles. The molecule has 0 amide bonds. The number of ketones is 6. The fraction of sp³-hybridized carbons (Fsp3) is 0.349. The first-order valence-corrected chi connectivity index (χ1v) is 33.1. The number of benzene rings is 6. The lowest BCUT2D eigenvalue weighted by molar-refractivity contribution is -0.115. The largest absolute Gasteiger partial charge is 0.295 e. The highest BCUT2D eigenvalue weighted by Crippen LogP contribution is 2.30. The van der Waals surface area contributed by atoms with Gasteiger partial charge in [0.05, 0.1) is 0 Å². The topological polar surface area (TPSA) is 102 Å². The average Bonchev–Trinajstić information content (AvgIpc) is 3.65. The van der Waals surface area contributed by atoms with Crippen LogP contribution in [-0.4, -0.2) is 34.7 Å². The van der Waals surface area contributed by atoms with E-state index in [0.29, 0.717) is 17.3 Å². The van der Waals surface area contributed by atoms with E-state index >= 15 is 0 Å². The molecule has 0 N–H and O–H groups in total. The minimum atomic E-state index is 0.171. The van der Waals surface area contributed by atoms with Gasteiger partial charge in [0.15, 0.2) is 34.7 Å². The molecule has 0 fully saturated rings. The fourth-order valence-corrected chi connectivity index (χ4v) is 12.0. The Balaban J connectivity index is 0.000000155. The van der Waals surface area contributed by atoms with Gasteiger partial charge < -0.3 is 0 Å². The first-order chi connectivity index (χ1) is 43.4. The van der Waals surface area contributed by atoms with Crippen LogP contribution < -0.4 is 0 Å². The van der Waals surface area contributed by atoms with Crippen LogP contribution in [0.5, 0.6) is 0 Å². The van der Waals surface area contributed by atoms with Crippen molar-refractivity contribution in [3.63, 3.8) is 0 Å². The second-order valence-electron chi connectivity index (χ2n) is 24.6. The third-order valence-corrected chi connectivity index (χ3v) is 17.0. The number of rotatable bonds is 3. The second kappa shape index (κ2) is 38.2. The lowest BCUT2D eigenvalue weighted by Crippen LogP contribution is -2.13. The lowest BCUT2D eigenvalue weighted by Gasteiger charge is -2.17. The van der Waals surface area contributed by atoms with E-state index in [9.17, 15) is 28.8 Å². The monoisotopic (exact) mass is 1190 g/mol. The predicted octanol–water partition coefficient (Wildman–Crippen LogP) is 21.0. The number of aryl methyl sites for hydroxylation is 2. The lowest BCUT2D eigenvalue weighted by atomic mass is 9.86. The fourth-order valence-electron chi connectivity index (χ4n) is 12.0. The van der Waals surface area contributed by atoms with Crippen molar-refractivity contribution >= 4 is 52.9 Å². The van der Waals surface area contributed by atoms with Gasteiger partial charge in [0.25, 0.3) is 0 Å². The van der Waals surface area contributed by atoms with Crippen molar-refractivity contribution in [1.29, 1.82) is 0 Å². The summed E-state index contributed by atoms with van der Waals surface area (Å²) < 4.78 is 0. The SMILES string of the molecule is C/C1=C\C(=O)CCCCCCCCCCCC1.CC1=CC(=O)CCCC1.CC1=CC(=O)CCCC1.O=C1C(=Cc2ccccc2)CCCc2ccccc21.O=C1C(=Cc2ccccc2)CCc2ccccc21.O=C1C(=Cc2ccccc2)Cc2ccccc21. The van der Waals surface area contributed by atoms with Crippen LogP contribution >= 0.6 is 0 Å². The van der Waals surface area contributed by atoms with Crippen molar-refractivity contribution in [2.75, 3.05) is 0 Å². The molecule has 462 valence electrons. The Hall–Kier alpha value is -8.22. The van der Waals surface area contributed by atoms with Crippen molar-refractivity contribution < 1.29 is 28.8 Å². The average molecular weight is 1190 g/mol. The van der Waals surface area contributed by atoms with E-state index in [1.807, 2.05) is 196 Å². The van der Waals surface area contributed by atoms with E-state index < -0.39 is 0 Å². The first kappa shape index (κ1) is 68.3. The number of fused-ring (bicyclic) bond motifs is 3. The third-order valence-electron chi connectivity index (χ3n) is 17.0. The first-order valence-electron chi connectivity index (χ1n) is 33.1. The molecular weight excluding hydrogens is 1090 g/mol. The van der Waals surface area contributed by atoms with Crippen molar-refractivity contribution in [2.45, 2.75) is 188 Å². The molecule has 12 rings (SSSR count). The van der Waals surface area contributed by atoms with Gasteiger partial charge >= 0.3 is 0 Å². The smallest absolute Gasteiger partial charge is 0.189 e. The summed E-state index contributed by atoms with van der Waals surface area (Å²) in [5.41, 5.74) is 15.9. The Kier molecular flexibility index (Phi) is 29.3. The van der Waals surface area contributed by atoms with E-state index in [2.05, 4.69) is 13.0 Å². The van der Waals surface area contributed by atoms with Gasteiger partial charge in [-0.05, 0) is 180 Å². The standard InChI is InChI=1S/C18H16O.C17H14O.C16H12O.C16H28O.2C8H12O/c19-18-16(13-14-7-2-1-3-8-14)11-6-10-15-9-4-5-12-17(15)18;18-17-15(12-13-6-2-1-3-7-13)11-10-14-8-4-5-9-16(14)17;17-16-14(10-12-6-2-1-3-7-12)11-13-8-4-5-9-15(13)16;1-15-12-10-8-6-4-2-3-5-7-9-11-13-16(17)14-15;2*1-7-4-2-3-5-8(9)6-7/h1-5,7-9,12-13H,6,10-11H2;1-9,12H,10-11H2;1-10H,11H2;14H,2-13H2,1H3;2*6H,2-5H2,1H3/b;;;15-14+;;. The molecule has 0 unspecified atom stereocenters. The van der Waals surface area contributed by atoms with Gasteiger partial charge in [-0.25, -0.2) is 0 Å². The predicted molar refractivity (Wildman–Crippen MR) is 369 cm³/mol. The molecule has 6 aliphatic carbocycles. The molecule has 0 bridgehead atoms. The minimum absolute atomic E-state index is 0.171. The normalized spacial score (nSPS) is 19.2. The zero-order valence-corrected chi connectivity index (χ0v) is 53.4. The van der Waals surface area contributed by atoms with Gasteiger partial charge in [0.2, 0.25) is 0 Å². The van der Waals surface area contributed by atoms with E-state index in [1.165, 1.54) is 98.5 Å². The Labute approximate surface area is 532 Å². The Morgan fingerprint density at radius 3 is 0.955 bits per heavy atom. The maximum atomic E-state index is 12.6. The summed E-state index contributed by atoms with van der Waals surface area (Å²) in [6.07, 6.45) is 40.3. The molecular formula is C83H94O6. The molecule has 6 aromatic carbocycles. The Bertz CT molecular complexity index is 3440. The van der Waals surface area contributed by atoms with Crippen molar-refractivity contribution in [3.05, 3.63) is 266 Å².